The molecule has 0 radical (unpaired) electrons. The number of piperidine rings is 1. The average Bonchev–Trinajstić information content (AvgIpc) is 2.63. The van der Waals surface area contributed by atoms with Crippen LogP contribution >= 0.6 is 11.6 Å². The van der Waals surface area contributed by atoms with Gasteiger partial charge >= 0.3 is 0 Å². The van der Waals surface area contributed by atoms with Crippen LogP contribution in [0.2, 0.25) is 5.02 Å². The van der Waals surface area contributed by atoms with E-state index in [2.05, 4.69) is 22.5 Å². The molecule has 138 valence electrons. The fraction of sp³-hybridized carbons (Fsp3) is 0.632. The maximum atomic E-state index is 12.6. The maximum Gasteiger partial charge on any atom is 0.224 e. The van der Waals surface area contributed by atoms with E-state index in [1.54, 1.807) is 0 Å². The molecule has 0 spiro atoms. The summed E-state index contributed by atoms with van der Waals surface area (Å²) in [6.07, 6.45) is 2.87. The van der Waals surface area contributed by atoms with E-state index >= 15 is 0 Å². The minimum absolute atomic E-state index is 0.0720. The lowest BCUT2D eigenvalue weighted by molar-refractivity contribution is -0.117. The van der Waals surface area contributed by atoms with Gasteiger partial charge in [-0.1, -0.05) is 24.6 Å². The van der Waals surface area contributed by atoms with Gasteiger partial charge in [0, 0.05) is 19.5 Å². The molecule has 5 nitrogen and oxygen atoms in total. The van der Waals surface area contributed by atoms with E-state index in [4.69, 9.17) is 16.3 Å². The van der Waals surface area contributed by atoms with Crippen LogP contribution in [-0.4, -0.2) is 45.3 Å². The molecule has 0 aliphatic carbocycles. The van der Waals surface area contributed by atoms with Crippen molar-refractivity contribution in [3.8, 4) is 0 Å². The van der Waals surface area contributed by atoms with Crippen molar-refractivity contribution in [3.63, 3.8) is 0 Å². The number of nitrogens with one attached hydrogen (secondary N) is 2. The molecule has 1 amide bonds. The number of hydrogen-bond donors (Lipinski definition) is 2. The van der Waals surface area contributed by atoms with E-state index in [9.17, 15) is 4.79 Å². The predicted octanol–water partition coefficient (Wildman–Crippen LogP) is 3.14. The first kappa shape index (κ1) is 18.5. The summed E-state index contributed by atoms with van der Waals surface area (Å²) in [6.45, 7) is 7.27. The van der Waals surface area contributed by atoms with Gasteiger partial charge in [0.25, 0.3) is 0 Å². The van der Waals surface area contributed by atoms with Crippen molar-refractivity contribution in [1.82, 2.24) is 5.32 Å². The van der Waals surface area contributed by atoms with Crippen LogP contribution in [0.15, 0.2) is 18.2 Å². The molecule has 2 heterocycles. The van der Waals surface area contributed by atoms with Gasteiger partial charge in [-0.05, 0) is 49.9 Å². The third-order valence-corrected chi connectivity index (χ3v) is 5.59. The lowest BCUT2D eigenvalue weighted by Crippen LogP contribution is -2.37. The van der Waals surface area contributed by atoms with E-state index in [1.165, 1.54) is 0 Å². The van der Waals surface area contributed by atoms with Crippen molar-refractivity contribution in [1.29, 1.82) is 0 Å². The number of benzene rings is 1. The van der Waals surface area contributed by atoms with E-state index in [-0.39, 0.29) is 5.91 Å². The first-order valence-corrected chi connectivity index (χ1v) is 9.64. The van der Waals surface area contributed by atoms with E-state index < -0.39 is 0 Å². The summed E-state index contributed by atoms with van der Waals surface area (Å²) in [4.78, 5) is 14.8. The van der Waals surface area contributed by atoms with Crippen LogP contribution in [0, 0.1) is 11.8 Å². The van der Waals surface area contributed by atoms with E-state index in [0.29, 0.717) is 36.5 Å². The molecule has 1 aromatic rings. The molecule has 2 N–H and O–H groups in total. The molecule has 2 aliphatic heterocycles. The highest BCUT2D eigenvalue weighted by molar-refractivity contribution is 6.34. The molecular weight excluding hydrogens is 338 g/mol. The van der Waals surface area contributed by atoms with Crippen molar-refractivity contribution in [2.45, 2.75) is 26.2 Å². The van der Waals surface area contributed by atoms with Gasteiger partial charge in [0.2, 0.25) is 5.91 Å². The smallest absolute Gasteiger partial charge is 0.224 e. The second-order valence-electron chi connectivity index (χ2n) is 7.05. The molecule has 3 rings (SSSR count). The van der Waals surface area contributed by atoms with Gasteiger partial charge in [0.15, 0.2) is 0 Å². The SMILES string of the molecule is CC(CC(=O)Nc1cccc(Cl)c1N1CCOCC1)C1CCNCC1. The van der Waals surface area contributed by atoms with Crippen LogP contribution in [-0.2, 0) is 9.53 Å². The molecule has 25 heavy (non-hydrogen) atoms. The van der Waals surface area contributed by atoms with Gasteiger partial charge in [0.05, 0.1) is 29.6 Å². The Hall–Kier alpha value is -1.30. The van der Waals surface area contributed by atoms with Crippen molar-refractivity contribution >= 4 is 28.9 Å². The Labute approximate surface area is 155 Å². The highest BCUT2D eigenvalue weighted by atomic mass is 35.5. The van der Waals surface area contributed by atoms with Gasteiger partial charge < -0.3 is 20.3 Å². The van der Waals surface area contributed by atoms with Crippen molar-refractivity contribution < 1.29 is 9.53 Å². The number of halogens is 1. The number of morpholine rings is 1. The lowest BCUT2D eigenvalue weighted by Gasteiger charge is -2.31. The Bertz CT molecular complexity index is 584. The van der Waals surface area contributed by atoms with Crippen molar-refractivity contribution in [2.24, 2.45) is 11.8 Å². The van der Waals surface area contributed by atoms with Crippen LogP contribution in [0.5, 0.6) is 0 Å². The number of carbonyl (C=O) groups is 1. The average molecular weight is 366 g/mol. The normalized spacial score (nSPS) is 20.3. The van der Waals surface area contributed by atoms with Crippen LogP contribution in [0.3, 0.4) is 0 Å². The summed E-state index contributed by atoms with van der Waals surface area (Å²) < 4.78 is 5.42. The summed E-state index contributed by atoms with van der Waals surface area (Å²) in [7, 11) is 0. The second-order valence-corrected chi connectivity index (χ2v) is 7.46. The fourth-order valence-corrected chi connectivity index (χ4v) is 4.09. The Morgan fingerprint density at radius 1 is 1.36 bits per heavy atom. The lowest BCUT2D eigenvalue weighted by atomic mass is 9.84. The second kappa shape index (κ2) is 8.88. The fourth-order valence-electron chi connectivity index (χ4n) is 3.80. The molecule has 2 saturated heterocycles. The molecule has 2 fully saturated rings. The summed E-state index contributed by atoms with van der Waals surface area (Å²) in [5, 5.41) is 7.15. The van der Waals surface area contributed by atoms with Crippen LogP contribution in [0.1, 0.15) is 26.2 Å². The van der Waals surface area contributed by atoms with Gasteiger partial charge in [-0.25, -0.2) is 0 Å². The van der Waals surface area contributed by atoms with Crippen LogP contribution in [0.4, 0.5) is 11.4 Å². The van der Waals surface area contributed by atoms with E-state index in [0.717, 1.165) is 50.4 Å². The summed E-state index contributed by atoms with van der Waals surface area (Å²) in [5.74, 6) is 1.10. The maximum absolute atomic E-state index is 12.6. The number of carbonyl (C=O) groups excluding carboxylic acids is 1. The number of para-hydroxylation sites is 1. The zero-order chi connectivity index (χ0) is 17.6. The van der Waals surface area contributed by atoms with Gasteiger partial charge in [-0.3, -0.25) is 4.79 Å². The van der Waals surface area contributed by atoms with Crippen molar-refractivity contribution in [3.05, 3.63) is 23.2 Å². The van der Waals surface area contributed by atoms with Crippen LogP contribution < -0.4 is 15.5 Å². The minimum atomic E-state index is 0.0720. The molecular formula is C19H28ClN3O2. The third-order valence-electron chi connectivity index (χ3n) is 5.28. The van der Waals surface area contributed by atoms with Gasteiger partial charge in [-0.2, -0.15) is 0 Å². The number of hydrogen-bond acceptors (Lipinski definition) is 4. The zero-order valence-corrected chi connectivity index (χ0v) is 15.6. The third kappa shape index (κ3) is 4.87. The van der Waals surface area contributed by atoms with Gasteiger partial charge in [0.1, 0.15) is 0 Å². The summed E-state index contributed by atoms with van der Waals surface area (Å²) >= 11 is 6.43. The Morgan fingerprint density at radius 2 is 2.08 bits per heavy atom. The number of rotatable bonds is 5. The Kier molecular flexibility index (Phi) is 6.57. The summed E-state index contributed by atoms with van der Waals surface area (Å²) in [5.41, 5.74) is 1.72. The predicted molar refractivity (Wildman–Crippen MR) is 102 cm³/mol. The van der Waals surface area contributed by atoms with E-state index in [1.807, 2.05) is 18.2 Å². The Balaban J connectivity index is 1.65. The molecule has 0 saturated carbocycles. The molecule has 2 aliphatic rings. The minimum Gasteiger partial charge on any atom is -0.378 e. The first-order chi connectivity index (χ1) is 12.1. The zero-order valence-electron chi connectivity index (χ0n) is 14.9. The summed E-state index contributed by atoms with van der Waals surface area (Å²) in [6, 6.07) is 5.70. The van der Waals surface area contributed by atoms with Crippen molar-refractivity contribution in [2.75, 3.05) is 49.6 Å². The highest BCUT2D eigenvalue weighted by Gasteiger charge is 2.23. The highest BCUT2D eigenvalue weighted by Crippen LogP contribution is 2.35. The molecule has 0 aromatic heterocycles. The number of anilines is 2. The van der Waals surface area contributed by atoms with Crippen LogP contribution in [0.25, 0.3) is 0 Å². The Morgan fingerprint density at radius 3 is 2.80 bits per heavy atom. The molecule has 6 heteroatoms. The standard InChI is InChI=1S/C19H28ClN3O2/c1-14(15-5-7-21-8-6-15)13-18(24)22-17-4-2-3-16(20)19(17)23-9-11-25-12-10-23/h2-4,14-15,21H,5-13H2,1H3,(H,22,24). The number of amides is 1. The molecule has 1 atom stereocenters. The number of nitrogens with zero attached hydrogens (tertiary/aromatic N) is 1. The molecule has 0 bridgehead atoms. The number of ether oxygens (including phenoxy) is 1. The topological polar surface area (TPSA) is 53.6 Å². The largest absolute Gasteiger partial charge is 0.378 e. The monoisotopic (exact) mass is 365 g/mol. The van der Waals surface area contributed by atoms with Gasteiger partial charge in [-0.15, -0.1) is 0 Å². The molecule has 1 aromatic carbocycles. The quantitative estimate of drug-likeness (QED) is 0.841. The molecule has 1 unspecified atom stereocenters. The first-order valence-electron chi connectivity index (χ1n) is 9.27.